The van der Waals surface area contributed by atoms with Gasteiger partial charge in [-0.05, 0) is 19.8 Å². The number of aromatic nitrogens is 1. The first-order valence-electron chi connectivity index (χ1n) is 6.76. The highest BCUT2D eigenvalue weighted by atomic mass is 32.2. The number of hydrogen-bond donors (Lipinski definition) is 2. The van der Waals surface area contributed by atoms with E-state index in [1.54, 1.807) is 11.9 Å². The minimum Gasteiger partial charge on any atom is -0.345 e. The second kappa shape index (κ2) is 6.31. The number of hydrogen-bond acceptors (Lipinski definition) is 6. The van der Waals surface area contributed by atoms with Crippen LogP contribution in [0.4, 0.5) is 5.13 Å². The van der Waals surface area contributed by atoms with E-state index in [9.17, 15) is 18.0 Å². The lowest BCUT2D eigenvalue weighted by Gasteiger charge is -2.18. The summed E-state index contributed by atoms with van der Waals surface area (Å²) in [5, 5.41) is 7.73. The quantitative estimate of drug-likeness (QED) is 0.762. The van der Waals surface area contributed by atoms with Gasteiger partial charge >= 0.3 is 0 Å². The van der Waals surface area contributed by atoms with Gasteiger partial charge in [-0.2, -0.15) is 0 Å². The number of anilines is 1. The van der Waals surface area contributed by atoms with Gasteiger partial charge in [0.15, 0.2) is 9.34 Å². The summed E-state index contributed by atoms with van der Waals surface area (Å²) in [4.78, 5) is 29.9. The standard InChI is InChI=1S/C12H18N4O4S2/c1-7-11(22(13,19)20)21-12(14-7)15-9(17)8-5-3-4-6-16(2)10(8)18/h8H,3-6H2,1-2H3,(H2,13,19,20)(H,14,15,17). The van der Waals surface area contributed by atoms with Crippen molar-refractivity contribution in [3.05, 3.63) is 5.69 Å². The highest BCUT2D eigenvalue weighted by Crippen LogP contribution is 2.27. The number of primary sulfonamides is 1. The summed E-state index contributed by atoms with van der Waals surface area (Å²) in [6, 6.07) is 0. The van der Waals surface area contributed by atoms with E-state index in [-0.39, 0.29) is 20.9 Å². The van der Waals surface area contributed by atoms with Gasteiger partial charge in [0, 0.05) is 13.6 Å². The van der Waals surface area contributed by atoms with E-state index in [2.05, 4.69) is 10.3 Å². The molecule has 10 heteroatoms. The lowest BCUT2D eigenvalue weighted by Crippen LogP contribution is -2.38. The third-order valence-corrected chi connectivity index (χ3v) is 6.10. The Balaban J connectivity index is 2.16. The molecule has 2 rings (SSSR count). The van der Waals surface area contributed by atoms with Gasteiger partial charge in [-0.1, -0.05) is 17.8 Å². The molecule has 8 nitrogen and oxygen atoms in total. The Kier molecular flexibility index (Phi) is 4.83. The Morgan fingerprint density at radius 3 is 2.73 bits per heavy atom. The van der Waals surface area contributed by atoms with Crippen LogP contribution in [0.3, 0.4) is 0 Å². The zero-order valence-electron chi connectivity index (χ0n) is 12.3. The minimum absolute atomic E-state index is 0.0906. The predicted molar refractivity (Wildman–Crippen MR) is 81.8 cm³/mol. The molecule has 0 bridgehead atoms. The molecule has 1 atom stereocenters. The SMILES string of the molecule is Cc1nc(NC(=O)C2CCCCN(C)C2=O)sc1S(N)(=O)=O. The second-order valence-electron chi connectivity index (χ2n) is 5.23. The fourth-order valence-corrected chi connectivity index (χ4v) is 4.19. The number of sulfonamides is 1. The molecule has 0 spiro atoms. The maximum absolute atomic E-state index is 12.3. The lowest BCUT2D eigenvalue weighted by molar-refractivity contribution is -0.138. The van der Waals surface area contributed by atoms with Gasteiger partial charge in [0.2, 0.25) is 21.8 Å². The summed E-state index contributed by atoms with van der Waals surface area (Å²) >= 11 is 0.785. The molecule has 3 N–H and O–H groups in total. The fraction of sp³-hybridized carbons (Fsp3) is 0.583. The van der Waals surface area contributed by atoms with Crippen LogP contribution in [0.25, 0.3) is 0 Å². The smallest absolute Gasteiger partial charge is 0.249 e. The van der Waals surface area contributed by atoms with Crippen LogP contribution in [0.5, 0.6) is 0 Å². The number of amides is 2. The highest BCUT2D eigenvalue weighted by molar-refractivity contribution is 7.91. The Hall–Kier alpha value is -1.52. The number of aryl methyl sites for hydroxylation is 1. The molecule has 22 heavy (non-hydrogen) atoms. The Bertz CT molecular complexity index is 698. The molecule has 0 radical (unpaired) electrons. The molecule has 1 aromatic rings. The van der Waals surface area contributed by atoms with Gasteiger partial charge in [0.05, 0.1) is 5.69 Å². The molecule has 1 aliphatic rings. The number of nitrogens with one attached hydrogen (secondary N) is 1. The van der Waals surface area contributed by atoms with Crippen molar-refractivity contribution in [3.63, 3.8) is 0 Å². The first-order chi connectivity index (χ1) is 10.2. The van der Waals surface area contributed by atoms with Gasteiger partial charge in [-0.15, -0.1) is 0 Å². The average molecular weight is 346 g/mol. The number of rotatable bonds is 3. The molecule has 122 valence electrons. The van der Waals surface area contributed by atoms with Crippen molar-refractivity contribution in [2.45, 2.75) is 30.4 Å². The Morgan fingerprint density at radius 2 is 2.14 bits per heavy atom. The second-order valence-corrected chi connectivity index (χ2v) is 7.99. The van der Waals surface area contributed by atoms with Gasteiger partial charge in [-0.3, -0.25) is 9.59 Å². The number of nitrogens with zero attached hydrogens (tertiary/aromatic N) is 2. The van der Waals surface area contributed by atoms with E-state index in [0.717, 1.165) is 24.2 Å². The molecule has 1 unspecified atom stereocenters. The van der Waals surface area contributed by atoms with Gasteiger partial charge in [0.1, 0.15) is 5.92 Å². The van der Waals surface area contributed by atoms with E-state index in [4.69, 9.17) is 5.14 Å². The van der Waals surface area contributed by atoms with Crippen molar-refractivity contribution in [2.24, 2.45) is 11.1 Å². The normalized spacial score (nSPS) is 19.9. The summed E-state index contributed by atoms with van der Waals surface area (Å²) in [5.41, 5.74) is 0.229. The molecule has 2 heterocycles. The maximum Gasteiger partial charge on any atom is 0.249 e. The summed E-state index contributed by atoms with van der Waals surface area (Å²) in [6.07, 6.45) is 2.12. The van der Waals surface area contributed by atoms with Gasteiger partial charge in [-0.25, -0.2) is 18.5 Å². The van der Waals surface area contributed by atoms with Gasteiger partial charge < -0.3 is 10.2 Å². The number of carbonyl (C=O) groups is 2. The number of thiazole rings is 1. The van der Waals surface area contributed by atoms with Crippen LogP contribution >= 0.6 is 11.3 Å². The summed E-state index contributed by atoms with van der Waals surface area (Å²) in [5.74, 6) is -1.46. The lowest BCUT2D eigenvalue weighted by atomic mass is 10.0. The number of carbonyl (C=O) groups excluding carboxylic acids is 2. The summed E-state index contributed by atoms with van der Waals surface area (Å²) < 4.78 is 22.6. The van der Waals surface area contributed by atoms with Crippen LogP contribution in [0.2, 0.25) is 0 Å². The van der Waals surface area contributed by atoms with Crippen LogP contribution in [0, 0.1) is 12.8 Å². The van der Waals surface area contributed by atoms with Crippen molar-refractivity contribution >= 4 is 38.3 Å². The Labute approximate surface area is 132 Å². The molecular weight excluding hydrogens is 328 g/mol. The molecule has 1 aromatic heterocycles. The first-order valence-corrected chi connectivity index (χ1v) is 9.12. The van der Waals surface area contributed by atoms with Crippen molar-refractivity contribution in [3.8, 4) is 0 Å². The first kappa shape index (κ1) is 16.8. The molecule has 1 aliphatic heterocycles. The predicted octanol–water partition coefficient (Wildman–Crippen LogP) is 0.296. The van der Waals surface area contributed by atoms with Crippen LogP contribution < -0.4 is 10.5 Å². The van der Waals surface area contributed by atoms with Crippen LogP contribution in [-0.2, 0) is 19.6 Å². The van der Waals surface area contributed by atoms with Gasteiger partial charge in [0.25, 0.3) is 0 Å². The monoisotopic (exact) mass is 346 g/mol. The van der Waals surface area contributed by atoms with E-state index in [1.807, 2.05) is 0 Å². The van der Waals surface area contributed by atoms with Crippen LogP contribution in [0.15, 0.2) is 4.21 Å². The zero-order valence-corrected chi connectivity index (χ0v) is 14.0. The third kappa shape index (κ3) is 3.62. The molecule has 1 saturated heterocycles. The van der Waals surface area contributed by atoms with E-state index < -0.39 is 21.8 Å². The molecule has 0 saturated carbocycles. The third-order valence-electron chi connectivity index (χ3n) is 3.47. The molecular formula is C12H18N4O4S2. The Morgan fingerprint density at radius 1 is 1.45 bits per heavy atom. The van der Waals surface area contributed by atoms with Crippen LogP contribution in [0.1, 0.15) is 25.0 Å². The van der Waals surface area contributed by atoms with E-state index in [0.29, 0.717) is 13.0 Å². The molecule has 2 amide bonds. The molecule has 0 aliphatic carbocycles. The fourth-order valence-electron chi connectivity index (χ4n) is 2.33. The van der Waals surface area contributed by atoms with E-state index >= 15 is 0 Å². The molecule has 1 fully saturated rings. The average Bonchev–Trinajstić information content (AvgIpc) is 2.69. The van der Waals surface area contributed by atoms with Crippen molar-refractivity contribution in [2.75, 3.05) is 18.9 Å². The number of likely N-dealkylation sites (tertiary alicyclic amines) is 1. The van der Waals surface area contributed by atoms with Crippen molar-refractivity contribution < 1.29 is 18.0 Å². The van der Waals surface area contributed by atoms with Crippen molar-refractivity contribution in [1.29, 1.82) is 0 Å². The number of nitrogens with two attached hydrogens (primary N) is 1. The summed E-state index contributed by atoms with van der Waals surface area (Å²) in [7, 11) is -2.20. The maximum atomic E-state index is 12.3. The largest absolute Gasteiger partial charge is 0.345 e. The summed E-state index contributed by atoms with van der Waals surface area (Å²) in [6.45, 7) is 2.13. The van der Waals surface area contributed by atoms with Crippen LogP contribution in [-0.4, -0.2) is 43.7 Å². The van der Waals surface area contributed by atoms with Crippen molar-refractivity contribution in [1.82, 2.24) is 9.88 Å². The van der Waals surface area contributed by atoms with E-state index in [1.165, 1.54) is 6.92 Å². The molecule has 0 aromatic carbocycles. The topological polar surface area (TPSA) is 122 Å². The minimum atomic E-state index is -3.87. The highest BCUT2D eigenvalue weighted by Gasteiger charge is 2.31. The zero-order chi connectivity index (χ0) is 16.5.